The maximum atomic E-state index is 12.6. The Morgan fingerprint density at radius 2 is 2.07 bits per heavy atom. The van der Waals surface area contributed by atoms with Crippen molar-refractivity contribution < 1.29 is 9.53 Å². The molecule has 1 amide bonds. The van der Waals surface area contributed by atoms with Gasteiger partial charge in [-0.25, -0.2) is 0 Å². The van der Waals surface area contributed by atoms with E-state index in [1.54, 1.807) is 19.6 Å². The minimum Gasteiger partial charge on any atom is -0.496 e. The van der Waals surface area contributed by atoms with Gasteiger partial charge < -0.3 is 10.1 Å². The lowest BCUT2D eigenvalue weighted by molar-refractivity contribution is -0.124. The fourth-order valence-electron chi connectivity index (χ4n) is 3.61. The summed E-state index contributed by atoms with van der Waals surface area (Å²) in [4.78, 5) is 16.7. The third kappa shape index (κ3) is 5.61. The molecule has 0 aliphatic heterocycles. The zero-order valence-electron chi connectivity index (χ0n) is 17.8. The van der Waals surface area contributed by atoms with Crippen molar-refractivity contribution >= 4 is 22.8 Å². The number of carbonyl (C=O) groups is 1. The number of rotatable bonds is 4. The summed E-state index contributed by atoms with van der Waals surface area (Å²) in [5.74, 6) is 1.23. The van der Waals surface area contributed by atoms with Gasteiger partial charge >= 0.3 is 0 Å². The predicted octanol–water partition coefficient (Wildman–Crippen LogP) is 5.06. The molecule has 150 valence electrons. The molecule has 1 aliphatic rings. The lowest BCUT2D eigenvalue weighted by Crippen LogP contribution is -2.38. The van der Waals surface area contributed by atoms with Gasteiger partial charge in [-0.1, -0.05) is 39.1 Å². The Kier molecular flexibility index (Phi) is 9.64. The SMILES string of the molecule is C=CSC(=NC)NC(=O)[C@@H](C)C1CCc2c(C)cc(OC)c(C)c2C1.CC. The van der Waals surface area contributed by atoms with Crippen LogP contribution in [-0.4, -0.2) is 25.2 Å². The van der Waals surface area contributed by atoms with Crippen LogP contribution in [0.3, 0.4) is 0 Å². The summed E-state index contributed by atoms with van der Waals surface area (Å²) in [6.07, 6.45) is 2.97. The van der Waals surface area contributed by atoms with Crippen molar-refractivity contribution in [2.75, 3.05) is 14.2 Å². The topological polar surface area (TPSA) is 50.7 Å². The second-order valence-corrected chi connectivity index (χ2v) is 7.53. The molecule has 0 heterocycles. The van der Waals surface area contributed by atoms with E-state index in [1.807, 2.05) is 20.8 Å². The van der Waals surface area contributed by atoms with Crippen LogP contribution < -0.4 is 10.1 Å². The zero-order valence-corrected chi connectivity index (χ0v) is 18.6. The summed E-state index contributed by atoms with van der Waals surface area (Å²) in [5.41, 5.74) is 5.28. The summed E-state index contributed by atoms with van der Waals surface area (Å²) in [6, 6.07) is 2.13. The molecule has 4 nitrogen and oxygen atoms in total. The van der Waals surface area contributed by atoms with E-state index < -0.39 is 0 Å². The van der Waals surface area contributed by atoms with E-state index >= 15 is 0 Å². The van der Waals surface area contributed by atoms with Crippen molar-refractivity contribution in [1.29, 1.82) is 0 Å². The Morgan fingerprint density at radius 1 is 1.41 bits per heavy atom. The Bertz CT molecular complexity index is 698. The van der Waals surface area contributed by atoms with Crippen molar-refractivity contribution in [3.05, 3.63) is 40.3 Å². The van der Waals surface area contributed by atoms with Gasteiger partial charge in [-0.05, 0) is 72.8 Å². The van der Waals surface area contributed by atoms with Gasteiger partial charge in [-0.15, -0.1) is 0 Å². The Balaban J connectivity index is 0.00000176. The highest BCUT2D eigenvalue weighted by Crippen LogP contribution is 2.37. The fourth-order valence-corrected chi connectivity index (χ4v) is 4.04. The molecule has 27 heavy (non-hydrogen) atoms. The van der Waals surface area contributed by atoms with Crippen molar-refractivity contribution in [2.45, 2.75) is 53.9 Å². The number of fused-ring (bicyclic) bond motifs is 1. The normalized spacial score (nSPS) is 17.1. The van der Waals surface area contributed by atoms with Crippen LogP contribution in [0.1, 0.15) is 49.4 Å². The first-order chi connectivity index (χ1) is 12.9. The maximum Gasteiger partial charge on any atom is 0.229 e. The minimum atomic E-state index is -0.0683. The van der Waals surface area contributed by atoms with Gasteiger partial charge in [0, 0.05) is 13.0 Å². The van der Waals surface area contributed by atoms with Gasteiger partial charge in [0.25, 0.3) is 0 Å². The van der Waals surface area contributed by atoms with Crippen molar-refractivity contribution in [3.8, 4) is 5.75 Å². The van der Waals surface area contributed by atoms with Gasteiger partial charge in [0.2, 0.25) is 5.91 Å². The number of amidine groups is 1. The lowest BCUT2D eigenvalue weighted by atomic mass is 9.75. The summed E-state index contributed by atoms with van der Waals surface area (Å²) in [7, 11) is 3.39. The summed E-state index contributed by atoms with van der Waals surface area (Å²) in [5, 5.41) is 5.18. The van der Waals surface area contributed by atoms with E-state index in [4.69, 9.17) is 4.74 Å². The Morgan fingerprint density at radius 3 is 2.63 bits per heavy atom. The van der Waals surface area contributed by atoms with E-state index in [1.165, 1.54) is 34.0 Å². The minimum absolute atomic E-state index is 0.0284. The summed E-state index contributed by atoms with van der Waals surface area (Å²) in [6.45, 7) is 13.9. The van der Waals surface area contributed by atoms with Gasteiger partial charge in [0.1, 0.15) is 5.75 Å². The number of nitrogens with one attached hydrogen (secondary N) is 1. The van der Waals surface area contributed by atoms with Crippen molar-refractivity contribution in [2.24, 2.45) is 16.8 Å². The first kappa shape index (κ1) is 23.3. The molecule has 2 atom stereocenters. The van der Waals surface area contributed by atoms with E-state index in [2.05, 4.69) is 36.8 Å². The fraction of sp³-hybridized carbons (Fsp3) is 0.545. The molecule has 1 N–H and O–H groups in total. The van der Waals surface area contributed by atoms with Crippen LogP contribution in [-0.2, 0) is 17.6 Å². The molecule has 2 rings (SSSR count). The number of carbonyl (C=O) groups excluding carboxylic acids is 1. The number of benzene rings is 1. The Labute approximate surface area is 168 Å². The van der Waals surface area contributed by atoms with Gasteiger partial charge in [-0.3, -0.25) is 9.79 Å². The molecule has 1 aromatic rings. The molecule has 0 radical (unpaired) electrons. The molecule has 0 aromatic heterocycles. The van der Waals surface area contributed by atoms with E-state index in [0.29, 0.717) is 11.1 Å². The highest BCUT2D eigenvalue weighted by Gasteiger charge is 2.30. The number of methoxy groups -OCH3 is 1. The molecule has 0 saturated carbocycles. The van der Waals surface area contributed by atoms with Gasteiger partial charge in [0.15, 0.2) is 5.17 Å². The average molecular weight is 391 g/mol. The number of hydrogen-bond acceptors (Lipinski definition) is 4. The number of ether oxygens (including phenoxy) is 1. The van der Waals surface area contributed by atoms with Crippen LogP contribution in [0.5, 0.6) is 5.75 Å². The van der Waals surface area contributed by atoms with Crippen LogP contribution in [0.2, 0.25) is 0 Å². The third-order valence-electron chi connectivity index (χ3n) is 5.21. The highest BCUT2D eigenvalue weighted by atomic mass is 32.2. The molecule has 0 saturated heterocycles. The average Bonchev–Trinajstić information content (AvgIpc) is 2.70. The second-order valence-electron chi connectivity index (χ2n) is 6.57. The van der Waals surface area contributed by atoms with E-state index in [-0.39, 0.29) is 11.8 Å². The van der Waals surface area contributed by atoms with Gasteiger partial charge in [-0.2, -0.15) is 0 Å². The number of amides is 1. The number of nitrogens with zero attached hydrogens (tertiary/aromatic N) is 1. The molecule has 1 aromatic carbocycles. The predicted molar refractivity (Wildman–Crippen MR) is 118 cm³/mol. The molecular weight excluding hydrogens is 356 g/mol. The van der Waals surface area contributed by atoms with Crippen LogP contribution in [0.4, 0.5) is 0 Å². The number of aryl methyl sites for hydroxylation is 1. The summed E-state index contributed by atoms with van der Waals surface area (Å²) < 4.78 is 5.52. The van der Waals surface area contributed by atoms with Crippen LogP contribution >= 0.6 is 11.8 Å². The van der Waals surface area contributed by atoms with Crippen LogP contribution in [0.25, 0.3) is 0 Å². The number of thioether (sulfide) groups is 1. The van der Waals surface area contributed by atoms with Crippen LogP contribution in [0, 0.1) is 25.7 Å². The third-order valence-corrected chi connectivity index (χ3v) is 5.88. The first-order valence-electron chi connectivity index (χ1n) is 9.64. The number of hydrogen-bond donors (Lipinski definition) is 1. The smallest absolute Gasteiger partial charge is 0.229 e. The van der Waals surface area contributed by atoms with E-state index in [0.717, 1.165) is 25.0 Å². The van der Waals surface area contributed by atoms with Crippen LogP contribution in [0.15, 0.2) is 23.0 Å². The molecular formula is C22H34N2O2S. The standard InChI is InChI=1S/C20H28N2O2S.C2H6/c1-7-25-20(21-5)22-19(23)13(3)15-8-9-16-12(2)10-18(24-6)14(4)17(16)11-15;1-2/h7,10,13,15H,1,8-9,11H2,2-6H3,(H,21,22,23);1-2H3/t13-,15?;/m0./s1. The molecule has 0 bridgehead atoms. The molecule has 1 aliphatic carbocycles. The molecule has 5 heteroatoms. The highest BCUT2D eigenvalue weighted by molar-refractivity contribution is 8.16. The van der Waals surface area contributed by atoms with Crippen molar-refractivity contribution in [1.82, 2.24) is 5.32 Å². The van der Waals surface area contributed by atoms with Gasteiger partial charge in [0.05, 0.1) is 7.11 Å². The molecule has 0 fully saturated rings. The first-order valence-corrected chi connectivity index (χ1v) is 10.5. The zero-order chi connectivity index (χ0) is 20.6. The Hall–Kier alpha value is -1.75. The summed E-state index contributed by atoms with van der Waals surface area (Å²) >= 11 is 1.33. The quantitative estimate of drug-likeness (QED) is 0.577. The lowest BCUT2D eigenvalue weighted by Gasteiger charge is -2.31. The largest absolute Gasteiger partial charge is 0.496 e. The van der Waals surface area contributed by atoms with E-state index in [9.17, 15) is 4.79 Å². The molecule has 1 unspecified atom stereocenters. The maximum absolute atomic E-state index is 12.6. The molecule has 0 spiro atoms. The monoisotopic (exact) mass is 390 g/mol. The number of aliphatic imine (C=N–C) groups is 1. The second kappa shape index (κ2) is 11.2. The van der Waals surface area contributed by atoms with Crippen molar-refractivity contribution in [3.63, 3.8) is 0 Å².